The van der Waals surface area contributed by atoms with E-state index in [1.807, 2.05) is 169 Å². The van der Waals surface area contributed by atoms with Crippen LogP contribution < -0.4 is 9.47 Å². The molecule has 0 bridgehead atoms. The highest BCUT2D eigenvalue weighted by molar-refractivity contribution is 6.00. The lowest BCUT2D eigenvalue weighted by atomic mass is 10.1. The van der Waals surface area contributed by atoms with Crippen molar-refractivity contribution in [2.75, 3.05) is 0 Å². The molecule has 0 aliphatic rings. The Bertz CT molecular complexity index is 2800. The molecule has 12 heteroatoms. The maximum atomic E-state index is 13.2. The van der Waals surface area contributed by atoms with E-state index in [4.69, 9.17) is 18.9 Å². The molecule has 0 aliphatic heterocycles. The molecule has 66 heavy (non-hydrogen) atoms. The van der Waals surface area contributed by atoms with Crippen LogP contribution in [0.1, 0.15) is 108 Å². The molecule has 0 saturated heterocycles. The first-order chi connectivity index (χ1) is 31.6. The predicted octanol–water partition coefficient (Wildman–Crippen LogP) is 10.7. The van der Waals surface area contributed by atoms with E-state index in [1.165, 1.54) is 11.1 Å². The second kappa shape index (κ2) is 20.7. The van der Waals surface area contributed by atoms with Gasteiger partial charge in [-0.2, -0.15) is 5.10 Å². The van der Waals surface area contributed by atoms with Gasteiger partial charge in [0.05, 0.1) is 0 Å². The van der Waals surface area contributed by atoms with Gasteiger partial charge < -0.3 is 18.9 Å². The van der Waals surface area contributed by atoms with Gasteiger partial charge in [-0.1, -0.05) is 121 Å². The topological polar surface area (TPSA) is 131 Å². The molecule has 340 valence electrons. The van der Waals surface area contributed by atoms with Gasteiger partial charge in [0.15, 0.2) is 11.3 Å². The normalized spacial score (nSPS) is 11.5. The number of nitrogens with zero attached hydrogens (tertiary/aromatic N) is 6. The van der Waals surface area contributed by atoms with E-state index in [0.717, 1.165) is 48.2 Å². The van der Waals surface area contributed by atoms with Crippen molar-refractivity contribution >= 4 is 23.2 Å². The third-order valence-corrected chi connectivity index (χ3v) is 10.3. The zero-order valence-electron chi connectivity index (χ0n) is 39.1. The summed E-state index contributed by atoms with van der Waals surface area (Å²) >= 11 is 0. The third kappa shape index (κ3) is 12.3. The van der Waals surface area contributed by atoms with Gasteiger partial charge in [-0.15, -0.1) is 10.2 Å². The summed E-state index contributed by atoms with van der Waals surface area (Å²) in [5, 5.41) is 13.2. The monoisotopic (exact) mass is 886 g/mol. The summed E-state index contributed by atoms with van der Waals surface area (Å²) in [7, 11) is 0. The molecule has 12 nitrogen and oxygen atoms in total. The van der Waals surface area contributed by atoms with Crippen molar-refractivity contribution in [3.63, 3.8) is 0 Å². The molecule has 0 atom stereocenters. The first-order valence-electron chi connectivity index (χ1n) is 22.3. The van der Waals surface area contributed by atoms with E-state index in [1.54, 1.807) is 4.52 Å². The second-order valence-corrected chi connectivity index (χ2v) is 18.1. The number of pyridine rings is 2. The van der Waals surface area contributed by atoms with Crippen LogP contribution in [0.4, 0.5) is 0 Å². The number of carbonyl (C=O) groups is 2. The maximum absolute atomic E-state index is 13.2. The van der Waals surface area contributed by atoms with E-state index in [9.17, 15) is 9.59 Å². The molecule has 0 radical (unpaired) electrons. The zero-order chi connectivity index (χ0) is 46.8. The summed E-state index contributed by atoms with van der Waals surface area (Å²) in [5.74, 6) is 1.26. The van der Waals surface area contributed by atoms with Gasteiger partial charge in [0, 0.05) is 23.5 Å². The van der Waals surface area contributed by atoms with E-state index in [-0.39, 0.29) is 0 Å². The molecule has 8 aromatic rings. The number of benzene rings is 4. The maximum Gasteiger partial charge on any atom is 0.346 e. The van der Waals surface area contributed by atoms with Gasteiger partial charge >= 0.3 is 11.9 Å². The molecule has 4 aromatic heterocycles. The van der Waals surface area contributed by atoms with Crippen molar-refractivity contribution in [1.29, 1.82) is 0 Å². The molecule has 0 aliphatic carbocycles. The molecular weight excluding hydrogens is 829 g/mol. The quantitative estimate of drug-likeness (QED) is 0.0972. The van der Waals surface area contributed by atoms with Gasteiger partial charge in [-0.3, -0.25) is 4.40 Å². The van der Waals surface area contributed by atoms with Crippen LogP contribution in [0.2, 0.25) is 0 Å². The average Bonchev–Trinajstić information content (AvgIpc) is 3.88. The molecule has 0 amide bonds. The highest BCUT2D eigenvalue weighted by Crippen LogP contribution is 2.31. The number of rotatable bonds is 14. The van der Waals surface area contributed by atoms with Crippen LogP contribution in [0.15, 0.2) is 133 Å². The molecule has 4 aromatic carbocycles. The largest absolute Gasteiger partial charge is 0.488 e. The smallest absolute Gasteiger partial charge is 0.346 e. The van der Waals surface area contributed by atoms with Crippen molar-refractivity contribution in [3.8, 4) is 11.5 Å². The Morgan fingerprint density at radius 1 is 0.515 bits per heavy atom. The number of carbonyl (C=O) groups excluding carboxylic acids is 2. The molecule has 8 rings (SSSR count). The first kappa shape index (κ1) is 46.6. The van der Waals surface area contributed by atoms with Crippen molar-refractivity contribution in [2.45, 2.75) is 105 Å². The molecule has 4 heterocycles. The van der Waals surface area contributed by atoms with Gasteiger partial charge in [-0.25, -0.2) is 19.1 Å². The van der Waals surface area contributed by atoms with Crippen LogP contribution in [-0.2, 0) is 48.4 Å². The molecule has 0 saturated carbocycles. The Balaban J connectivity index is 0.000000196. The summed E-state index contributed by atoms with van der Waals surface area (Å²) in [5.41, 5.74) is 6.59. The lowest BCUT2D eigenvalue weighted by molar-refractivity contribution is 0.00540. The standard InChI is InChI=1S/2C27H29N3O3/c1-19-28-29-25-24(26(31)33-27(2,3)4)23(32-18-21-13-9-6-10-14-21)17-22(30(19)25)16-15-20-11-7-5-8-12-20;1-19-28-25-24(26(31)33-27(2,3)4)23(32-18-21-13-9-6-10-14-21)17-22(30(25)29-19)16-15-20-11-7-5-8-12-20/h2*5-14,17H,15-16,18H2,1-4H3. The summed E-state index contributed by atoms with van der Waals surface area (Å²) in [4.78, 5) is 31.0. The minimum absolute atomic E-state index is 0.296. The fourth-order valence-corrected chi connectivity index (χ4v) is 7.37. The van der Waals surface area contributed by atoms with Crippen molar-refractivity contribution in [3.05, 3.63) is 190 Å². The van der Waals surface area contributed by atoms with Crippen LogP contribution in [0, 0.1) is 13.8 Å². The summed E-state index contributed by atoms with van der Waals surface area (Å²) in [6.45, 7) is 15.4. The number of ether oxygens (including phenoxy) is 4. The minimum atomic E-state index is -0.647. The number of aryl methyl sites for hydroxylation is 6. The SMILES string of the molecule is Cc1nc2c(C(=O)OC(C)(C)C)c(OCc3ccccc3)cc(CCc3ccccc3)n2n1.Cc1nnc2c(C(=O)OC(C)(C)C)c(OCc3ccccc3)cc(CCc3ccccc3)n12. The lowest BCUT2D eigenvalue weighted by Crippen LogP contribution is -2.25. The highest BCUT2D eigenvalue weighted by Gasteiger charge is 2.29. The number of hydrogen-bond acceptors (Lipinski definition) is 10. The van der Waals surface area contributed by atoms with Crippen LogP contribution in [0.25, 0.3) is 11.3 Å². The van der Waals surface area contributed by atoms with E-state index in [2.05, 4.69) is 44.5 Å². The van der Waals surface area contributed by atoms with Crippen molar-refractivity contribution in [2.24, 2.45) is 0 Å². The number of esters is 2. The minimum Gasteiger partial charge on any atom is -0.488 e. The second-order valence-electron chi connectivity index (χ2n) is 18.1. The van der Waals surface area contributed by atoms with Gasteiger partial charge in [-0.05, 0) is 103 Å². The van der Waals surface area contributed by atoms with E-state index in [0.29, 0.717) is 58.8 Å². The van der Waals surface area contributed by atoms with Crippen LogP contribution in [0.3, 0.4) is 0 Å². The van der Waals surface area contributed by atoms with Crippen LogP contribution >= 0.6 is 0 Å². The van der Waals surface area contributed by atoms with Gasteiger partial charge in [0.1, 0.15) is 58.7 Å². The molecular formula is C54H58N6O6. The summed E-state index contributed by atoms with van der Waals surface area (Å²) < 4.78 is 27.5. The number of aromatic nitrogens is 6. The molecule has 0 N–H and O–H groups in total. The van der Waals surface area contributed by atoms with E-state index < -0.39 is 23.1 Å². The molecule has 0 fully saturated rings. The zero-order valence-corrected chi connectivity index (χ0v) is 39.1. The first-order valence-corrected chi connectivity index (χ1v) is 22.3. The van der Waals surface area contributed by atoms with Crippen LogP contribution in [0.5, 0.6) is 11.5 Å². The predicted molar refractivity (Wildman–Crippen MR) is 255 cm³/mol. The number of fused-ring (bicyclic) bond motifs is 2. The fourth-order valence-electron chi connectivity index (χ4n) is 7.37. The Hall–Kier alpha value is -7.34. The molecule has 0 unspecified atom stereocenters. The Labute approximate surface area is 386 Å². The fraction of sp³-hybridized carbons (Fsp3) is 0.296. The Morgan fingerprint density at radius 3 is 1.38 bits per heavy atom. The summed E-state index contributed by atoms with van der Waals surface area (Å²) in [6.07, 6.45) is 3.14. The number of hydrogen-bond donors (Lipinski definition) is 0. The molecule has 0 spiro atoms. The highest BCUT2D eigenvalue weighted by atomic mass is 16.6. The summed E-state index contributed by atoms with van der Waals surface area (Å²) in [6, 6.07) is 44.1. The average molecular weight is 887 g/mol. The van der Waals surface area contributed by atoms with Crippen LogP contribution in [-0.4, -0.2) is 52.3 Å². The van der Waals surface area contributed by atoms with Gasteiger partial charge in [0.25, 0.3) is 0 Å². The lowest BCUT2D eigenvalue weighted by Gasteiger charge is -2.21. The third-order valence-electron chi connectivity index (χ3n) is 10.3. The van der Waals surface area contributed by atoms with Crippen molar-refractivity contribution in [1.82, 2.24) is 29.2 Å². The van der Waals surface area contributed by atoms with Crippen molar-refractivity contribution < 1.29 is 28.5 Å². The Kier molecular flexibility index (Phi) is 14.6. The van der Waals surface area contributed by atoms with Gasteiger partial charge in [0.2, 0.25) is 0 Å². The van der Waals surface area contributed by atoms with E-state index >= 15 is 0 Å². The Morgan fingerprint density at radius 2 is 0.924 bits per heavy atom.